The SMILES string of the molecule is CCCCCC/C=C/CCCC(O)C(O)C(COC1OC(CO)C(O)C(O)C1O)NC(=O)C(O)CCCCCCCCCCC. The molecule has 1 aliphatic rings. The van der Waals surface area contributed by atoms with E-state index in [-0.39, 0.29) is 12.8 Å². The highest BCUT2D eigenvalue weighted by Crippen LogP contribution is 2.23. The molecule has 1 amide bonds. The van der Waals surface area contributed by atoms with Crippen LogP contribution >= 0.6 is 0 Å². The Labute approximate surface area is 271 Å². The molecule has 0 bridgehead atoms. The molecule has 0 spiro atoms. The van der Waals surface area contributed by atoms with E-state index in [9.17, 15) is 40.5 Å². The summed E-state index contributed by atoms with van der Waals surface area (Å²) in [6.45, 7) is 3.30. The number of aliphatic hydroxyl groups excluding tert-OH is 7. The number of amides is 1. The molecule has 11 nitrogen and oxygen atoms in total. The number of carbonyl (C=O) groups is 1. The van der Waals surface area contributed by atoms with E-state index in [4.69, 9.17) is 9.47 Å². The normalized spacial score (nSPS) is 24.9. The lowest BCUT2D eigenvalue weighted by Crippen LogP contribution is -2.60. The zero-order valence-electron chi connectivity index (χ0n) is 27.8. The fourth-order valence-electron chi connectivity index (χ4n) is 5.50. The summed E-state index contributed by atoms with van der Waals surface area (Å²) in [5.41, 5.74) is 0. The summed E-state index contributed by atoms with van der Waals surface area (Å²) in [6.07, 6.45) is 10.2. The number of hydrogen-bond acceptors (Lipinski definition) is 10. The van der Waals surface area contributed by atoms with Gasteiger partial charge in [0.15, 0.2) is 6.29 Å². The molecule has 1 rings (SSSR count). The Kier molecular flexibility index (Phi) is 24.1. The molecule has 0 aromatic rings. The molecule has 45 heavy (non-hydrogen) atoms. The second kappa shape index (κ2) is 25.9. The summed E-state index contributed by atoms with van der Waals surface area (Å²) in [5.74, 6) is -0.714. The summed E-state index contributed by atoms with van der Waals surface area (Å²) in [6, 6.07) is -1.17. The molecule has 0 radical (unpaired) electrons. The number of unbranched alkanes of at least 4 members (excludes halogenated alkanes) is 13. The van der Waals surface area contributed by atoms with Crippen molar-refractivity contribution < 1.29 is 50.0 Å². The van der Waals surface area contributed by atoms with E-state index < -0.39 is 74.2 Å². The average Bonchev–Trinajstić information content (AvgIpc) is 3.04. The first-order valence-electron chi connectivity index (χ1n) is 17.6. The van der Waals surface area contributed by atoms with Gasteiger partial charge < -0.3 is 50.5 Å². The van der Waals surface area contributed by atoms with Gasteiger partial charge in [0.1, 0.15) is 36.6 Å². The first-order valence-corrected chi connectivity index (χ1v) is 17.6. The van der Waals surface area contributed by atoms with Crippen molar-refractivity contribution in [2.75, 3.05) is 13.2 Å². The van der Waals surface area contributed by atoms with Crippen molar-refractivity contribution in [1.29, 1.82) is 0 Å². The summed E-state index contributed by atoms with van der Waals surface area (Å²) in [7, 11) is 0. The smallest absolute Gasteiger partial charge is 0.249 e. The minimum atomic E-state index is -1.66. The minimum Gasteiger partial charge on any atom is -0.394 e. The third kappa shape index (κ3) is 17.5. The van der Waals surface area contributed by atoms with Crippen molar-refractivity contribution in [2.45, 2.75) is 184 Å². The highest BCUT2D eigenvalue weighted by molar-refractivity contribution is 5.80. The van der Waals surface area contributed by atoms with E-state index in [1.807, 2.05) is 0 Å². The van der Waals surface area contributed by atoms with Gasteiger partial charge in [0.2, 0.25) is 5.91 Å². The van der Waals surface area contributed by atoms with Crippen molar-refractivity contribution >= 4 is 5.91 Å². The third-order valence-corrected chi connectivity index (χ3v) is 8.57. The first kappa shape index (κ1) is 41.9. The molecule has 266 valence electrons. The Balaban J connectivity index is 2.67. The fourth-order valence-corrected chi connectivity index (χ4v) is 5.50. The molecular weight excluding hydrogens is 582 g/mol. The van der Waals surface area contributed by atoms with Gasteiger partial charge in [-0.15, -0.1) is 0 Å². The Bertz CT molecular complexity index is 754. The van der Waals surface area contributed by atoms with E-state index in [2.05, 4.69) is 31.3 Å². The summed E-state index contributed by atoms with van der Waals surface area (Å²) in [4.78, 5) is 12.9. The topological polar surface area (TPSA) is 189 Å². The minimum absolute atomic E-state index is 0.255. The van der Waals surface area contributed by atoms with E-state index in [1.165, 1.54) is 51.4 Å². The average molecular weight is 648 g/mol. The van der Waals surface area contributed by atoms with Gasteiger partial charge in [0, 0.05) is 0 Å². The highest BCUT2D eigenvalue weighted by atomic mass is 16.7. The highest BCUT2D eigenvalue weighted by Gasteiger charge is 2.44. The Morgan fingerprint density at radius 2 is 1.31 bits per heavy atom. The Morgan fingerprint density at radius 1 is 0.756 bits per heavy atom. The molecule has 9 atom stereocenters. The molecule has 9 unspecified atom stereocenters. The van der Waals surface area contributed by atoms with Gasteiger partial charge in [-0.1, -0.05) is 103 Å². The van der Waals surface area contributed by atoms with Crippen LogP contribution in [0, 0.1) is 0 Å². The second-order valence-electron chi connectivity index (χ2n) is 12.6. The largest absolute Gasteiger partial charge is 0.394 e. The summed E-state index contributed by atoms with van der Waals surface area (Å²) < 4.78 is 11.0. The fraction of sp³-hybridized carbons (Fsp3) is 0.912. The van der Waals surface area contributed by atoms with Crippen LogP contribution in [0.15, 0.2) is 12.2 Å². The second-order valence-corrected chi connectivity index (χ2v) is 12.6. The third-order valence-electron chi connectivity index (χ3n) is 8.57. The van der Waals surface area contributed by atoms with Gasteiger partial charge >= 0.3 is 0 Å². The predicted molar refractivity (Wildman–Crippen MR) is 173 cm³/mol. The molecule has 1 saturated heterocycles. The quantitative estimate of drug-likeness (QED) is 0.0486. The molecule has 1 fully saturated rings. The Morgan fingerprint density at radius 3 is 1.91 bits per heavy atom. The molecule has 0 aliphatic carbocycles. The monoisotopic (exact) mass is 647 g/mol. The summed E-state index contributed by atoms with van der Waals surface area (Å²) in [5, 5.41) is 74.7. The number of allylic oxidation sites excluding steroid dienone is 2. The van der Waals surface area contributed by atoms with Crippen molar-refractivity contribution in [2.24, 2.45) is 0 Å². The molecular formula is C34H65NO10. The van der Waals surface area contributed by atoms with Crippen molar-refractivity contribution in [3.63, 3.8) is 0 Å². The maximum absolute atomic E-state index is 12.9. The number of ether oxygens (including phenoxy) is 2. The lowest BCUT2D eigenvalue weighted by Gasteiger charge is -2.40. The van der Waals surface area contributed by atoms with Crippen LogP contribution in [0.25, 0.3) is 0 Å². The molecule has 0 saturated carbocycles. The lowest BCUT2D eigenvalue weighted by atomic mass is 9.98. The van der Waals surface area contributed by atoms with Crippen molar-refractivity contribution in [3.05, 3.63) is 12.2 Å². The zero-order chi connectivity index (χ0) is 33.5. The van der Waals surface area contributed by atoms with Crippen molar-refractivity contribution in [3.8, 4) is 0 Å². The molecule has 0 aromatic heterocycles. The predicted octanol–water partition coefficient (Wildman–Crippen LogP) is 2.99. The molecule has 1 aliphatic heterocycles. The molecule has 8 N–H and O–H groups in total. The standard InChI is InChI=1S/C34H65NO10/c1-3-5-7-9-11-13-15-17-19-21-26(37)29(39)25(24-44-34-32(42)31(41)30(40)28(23-36)45-34)35-33(43)27(38)22-20-18-16-14-12-10-8-6-4-2/h13,15,25-32,34,36-42H,3-12,14,16-24H2,1-2H3,(H,35,43)/b15-13+. The number of nitrogens with one attached hydrogen (secondary N) is 1. The van der Waals surface area contributed by atoms with E-state index in [0.29, 0.717) is 12.8 Å². The zero-order valence-corrected chi connectivity index (χ0v) is 27.8. The maximum Gasteiger partial charge on any atom is 0.249 e. The van der Waals surface area contributed by atoms with Gasteiger partial charge in [0.25, 0.3) is 0 Å². The van der Waals surface area contributed by atoms with Gasteiger partial charge in [0.05, 0.1) is 25.4 Å². The van der Waals surface area contributed by atoms with Crippen LogP contribution < -0.4 is 5.32 Å². The van der Waals surface area contributed by atoms with Gasteiger partial charge in [-0.05, 0) is 38.5 Å². The van der Waals surface area contributed by atoms with Crippen LogP contribution in [0.5, 0.6) is 0 Å². The van der Waals surface area contributed by atoms with Gasteiger partial charge in [-0.2, -0.15) is 0 Å². The molecule has 0 aromatic carbocycles. The van der Waals surface area contributed by atoms with Crippen LogP contribution in [-0.4, -0.2) is 110 Å². The van der Waals surface area contributed by atoms with Gasteiger partial charge in [-0.25, -0.2) is 0 Å². The van der Waals surface area contributed by atoms with Crippen LogP contribution in [0.2, 0.25) is 0 Å². The van der Waals surface area contributed by atoms with Crippen LogP contribution in [-0.2, 0) is 14.3 Å². The lowest BCUT2D eigenvalue weighted by molar-refractivity contribution is -0.303. The van der Waals surface area contributed by atoms with E-state index in [0.717, 1.165) is 38.5 Å². The number of rotatable bonds is 27. The maximum atomic E-state index is 12.9. The molecule has 11 heteroatoms. The molecule has 1 heterocycles. The Hall–Kier alpha value is -1.15. The van der Waals surface area contributed by atoms with Crippen molar-refractivity contribution in [1.82, 2.24) is 5.32 Å². The van der Waals surface area contributed by atoms with Crippen LogP contribution in [0.4, 0.5) is 0 Å². The van der Waals surface area contributed by atoms with E-state index >= 15 is 0 Å². The van der Waals surface area contributed by atoms with E-state index in [1.54, 1.807) is 0 Å². The van der Waals surface area contributed by atoms with Gasteiger partial charge in [-0.3, -0.25) is 4.79 Å². The summed E-state index contributed by atoms with van der Waals surface area (Å²) >= 11 is 0. The first-order chi connectivity index (χ1) is 21.7. The van der Waals surface area contributed by atoms with Crippen LogP contribution in [0.1, 0.15) is 129 Å². The van der Waals surface area contributed by atoms with Crippen LogP contribution in [0.3, 0.4) is 0 Å². The number of carbonyl (C=O) groups excluding carboxylic acids is 1. The number of aliphatic hydroxyl groups is 7. The number of hydrogen-bond donors (Lipinski definition) is 8.